The van der Waals surface area contributed by atoms with Gasteiger partial charge < -0.3 is 24.1 Å². The zero-order valence-corrected chi connectivity index (χ0v) is 21.9. The van der Waals surface area contributed by atoms with Crippen molar-refractivity contribution < 1.29 is 42.0 Å². The van der Waals surface area contributed by atoms with E-state index in [0.717, 1.165) is 6.08 Å². The molecule has 0 N–H and O–H groups in total. The summed E-state index contributed by atoms with van der Waals surface area (Å²) in [6, 6.07) is 13.6. The number of nitrogens with zero attached hydrogens (tertiary/aromatic N) is 3. The van der Waals surface area contributed by atoms with Gasteiger partial charge in [-0.15, -0.1) is 0 Å². The van der Waals surface area contributed by atoms with Crippen molar-refractivity contribution in [3.63, 3.8) is 0 Å². The number of carbonyl (C=O) groups is 4. The second kappa shape index (κ2) is 11.6. The predicted octanol–water partition coefficient (Wildman–Crippen LogP) is 1.28. The van der Waals surface area contributed by atoms with Gasteiger partial charge in [-0.05, 0) is 49.8 Å². The van der Waals surface area contributed by atoms with Crippen molar-refractivity contribution in [1.29, 1.82) is 0 Å². The predicted molar refractivity (Wildman–Crippen MR) is 140 cm³/mol. The van der Waals surface area contributed by atoms with Crippen molar-refractivity contribution in [3.8, 4) is 5.75 Å². The Balaban J connectivity index is 1.61. The van der Waals surface area contributed by atoms with Gasteiger partial charge in [0.15, 0.2) is 5.75 Å². The largest absolute Gasteiger partial charge is 0.748 e. The summed E-state index contributed by atoms with van der Waals surface area (Å²) in [5, 5.41) is 10.1. The number of hydrogen-bond donors (Lipinski definition) is 0. The Labute approximate surface area is 229 Å². The summed E-state index contributed by atoms with van der Waals surface area (Å²) in [6.45, 7) is 0.438. The summed E-state index contributed by atoms with van der Waals surface area (Å²) in [4.78, 5) is 52.8. The second-order valence-corrected chi connectivity index (χ2v) is 10.6. The number of carbonyl (C=O) groups excluding carboxylic acids is 4. The number of barbiturate groups is 1. The maximum absolute atomic E-state index is 13.1. The van der Waals surface area contributed by atoms with Gasteiger partial charge >= 0.3 is 6.03 Å². The molecule has 1 fully saturated rings. The number of allylic oxidation sites excluding steroid dienone is 4. The number of amides is 4. The van der Waals surface area contributed by atoms with Crippen LogP contribution < -0.4 is 19.6 Å². The molecule has 1 atom stereocenters. The number of carboxylic acids is 1. The molecule has 1 unspecified atom stereocenters. The van der Waals surface area contributed by atoms with Gasteiger partial charge in [-0.2, -0.15) is 0 Å². The third-order valence-corrected chi connectivity index (χ3v) is 7.36. The van der Waals surface area contributed by atoms with E-state index in [0.29, 0.717) is 27.1 Å². The summed E-state index contributed by atoms with van der Waals surface area (Å²) >= 11 is 0. The monoisotopic (exact) mass is 565 g/mol. The fraction of sp³-hybridized carbons (Fsp3) is 0.185. The Morgan fingerprint density at radius 2 is 1.60 bits per heavy atom. The van der Waals surface area contributed by atoms with Gasteiger partial charge in [0.1, 0.15) is 5.57 Å². The number of fused-ring (bicyclic) bond motifs is 1. The van der Waals surface area contributed by atoms with Gasteiger partial charge in [0.2, 0.25) is 5.88 Å². The maximum Gasteiger partial charge on any atom is 0.338 e. The number of aliphatic carboxylic acids is 1. The van der Waals surface area contributed by atoms with E-state index >= 15 is 0 Å². The van der Waals surface area contributed by atoms with E-state index in [1.54, 1.807) is 47.4 Å². The van der Waals surface area contributed by atoms with Crippen molar-refractivity contribution >= 4 is 45.3 Å². The zero-order chi connectivity index (χ0) is 29.0. The molecule has 0 bridgehead atoms. The topological polar surface area (TPSA) is 167 Å². The minimum atomic E-state index is -4.47. The molecule has 0 aliphatic carbocycles. The second-order valence-electron chi connectivity index (χ2n) is 8.81. The minimum Gasteiger partial charge on any atom is -0.748 e. The highest BCUT2D eigenvalue weighted by atomic mass is 32.2. The third kappa shape index (κ3) is 5.95. The quantitative estimate of drug-likeness (QED) is 0.245. The molecule has 2 aliphatic heterocycles. The van der Waals surface area contributed by atoms with Crippen molar-refractivity contribution in [2.24, 2.45) is 0 Å². The summed E-state index contributed by atoms with van der Waals surface area (Å²) in [5.74, 6) is -2.91. The Kier molecular flexibility index (Phi) is 8.16. The summed E-state index contributed by atoms with van der Waals surface area (Å²) in [7, 11) is -4.47. The van der Waals surface area contributed by atoms with E-state index in [1.165, 1.54) is 37.3 Å². The first kappa shape index (κ1) is 28.3. The molecule has 0 aromatic heterocycles. The number of para-hydroxylation sites is 3. The van der Waals surface area contributed by atoms with Crippen molar-refractivity contribution in [1.82, 2.24) is 4.90 Å². The van der Waals surface area contributed by atoms with Gasteiger partial charge in [-0.25, -0.2) is 18.1 Å². The average Bonchev–Trinajstić information content (AvgIpc) is 3.26. The number of ether oxygens (including phenoxy) is 1. The smallest absolute Gasteiger partial charge is 0.338 e. The highest BCUT2D eigenvalue weighted by molar-refractivity contribution is 7.86. The number of carboxylic acid groups (broad SMARTS) is 1. The fourth-order valence-corrected chi connectivity index (χ4v) is 4.41. The first-order chi connectivity index (χ1) is 19.0. The van der Waals surface area contributed by atoms with Crippen LogP contribution in [-0.4, -0.2) is 60.0 Å². The summed E-state index contributed by atoms with van der Waals surface area (Å²) in [6.07, 6.45) is 5.47. The highest BCUT2D eigenvalue weighted by Gasteiger charge is 2.42. The van der Waals surface area contributed by atoms with Crippen LogP contribution in [0, 0.1) is 0 Å². The van der Waals surface area contributed by atoms with E-state index in [9.17, 15) is 37.3 Å². The molecule has 4 rings (SSSR count). The lowest BCUT2D eigenvalue weighted by atomic mass is 10.1. The van der Waals surface area contributed by atoms with Crippen LogP contribution in [0.4, 0.5) is 16.2 Å². The van der Waals surface area contributed by atoms with Crippen LogP contribution in [0.1, 0.15) is 13.3 Å². The van der Waals surface area contributed by atoms with Crippen LogP contribution in [-0.2, 0) is 24.5 Å². The minimum absolute atomic E-state index is 0.0370. The van der Waals surface area contributed by atoms with Gasteiger partial charge in [0.05, 0.1) is 34.0 Å². The number of urea groups is 1. The standard InChI is InChI=1S/C27H25N3O9S/c1-18(40(36,37)38)15-16-28-21-12-6-7-13-22(21)39-23(28)14-8-5-11-20-25(33)29(17-24(31)32)27(35)30(26(20)34)19-9-3-2-4-10-19/h2-14,18H,15-17H2,1H3,(H,31,32)(H,36,37,38)/p-2/b8-5+,20-11+,23-14-. The lowest BCUT2D eigenvalue weighted by Crippen LogP contribution is -2.59. The SMILES string of the molecule is CC(CCN1/C(=C/C=C/C=C2\C(=O)N(CC(=O)[O-])C(=O)N(c3ccccc3)C2=O)Oc2ccccc21)S(=O)(=O)[O-]. The normalized spacial score (nSPS) is 18.6. The van der Waals surface area contributed by atoms with Crippen LogP contribution in [0.3, 0.4) is 0 Å². The van der Waals surface area contributed by atoms with Crippen molar-refractivity contribution in [2.75, 3.05) is 22.9 Å². The molecule has 0 saturated carbocycles. The van der Waals surface area contributed by atoms with Gasteiger partial charge in [-0.3, -0.25) is 14.5 Å². The molecule has 2 heterocycles. The number of anilines is 2. The fourth-order valence-electron chi connectivity index (χ4n) is 4.02. The summed E-state index contributed by atoms with van der Waals surface area (Å²) in [5.41, 5.74) is 0.345. The maximum atomic E-state index is 13.1. The van der Waals surface area contributed by atoms with Gasteiger partial charge in [-0.1, -0.05) is 42.5 Å². The van der Waals surface area contributed by atoms with Crippen LogP contribution in [0.2, 0.25) is 0 Å². The van der Waals surface area contributed by atoms with Crippen LogP contribution >= 0.6 is 0 Å². The molecule has 12 nitrogen and oxygen atoms in total. The first-order valence-corrected chi connectivity index (χ1v) is 13.5. The molecule has 1 saturated heterocycles. The Hall–Kier alpha value is -4.75. The Morgan fingerprint density at radius 3 is 2.27 bits per heavy atom. The molecular weight excluding hydrogens is 542 g/mol. The van der Waals surface area contributed by atoms with Crippen LogP contribution in [0.5, 0.6) is 5.75 Å². The lowest BCUT2D eigenvalue weighted by molar-refractivity contribution is -0.305. The number of benzene rings is 2. The lowest BCUT2D eigenvalue weighted by Gasteiger charge is -2.33. The van der Waals surface area contributed by atoms with Crippen LogP contribution in [0.15, 0.2) is 90.4 Å². The Morgan fingerprint density at radius 1 is 0.950 bits per heavy atom. The average molecular weight is 566 g/mol. The Bertz CT molecular complexity index is 1550. The number of hydrogen-bond acceptors (Lipinski definition) is 10. The van der Waals surface area contributed by atoms with Crippen molar-refractivity contribution in [2.45, 2.75) is 18.6 Å². The third-order valence-electron chi connectivity index (χ3n) is 6.13. The molecule has 0 radical (unpaired) electrons. The van der Waals surface area contributed by atoms with Gasteiger partial charge in [0.25, 0.3) is 11.8 Å². The molecule has 2 aromatic rings. The summed E-state index contributed by atoms with van der Waals surface area (Å²) < 4.78 is 39.9. The molecule has 40 heavy (non-hydrogen) atoms. The molecule has 208 valence electrons. The van der Waals surface area contributed by atoms with E-state index < -0.39 is 51.3 Å². The van der Waals surface area contributed by atoms with Crippen LogP contribution in [0.25, 0.3) is 0 Å². The first-order valence-electron chi connectivity index (χ1n) is 12.0. The number of imide groups is 2. The van der Waals surface area contributed by atoms with Gasteiger partial charge in [0, 0.05) is 11.8 Å². The van der Waals surface area contributed by atoms with E-state index in [2.05, 4.69) is 0 Å². The molecule has 4 amide bonds. The molecule has 2 aromatic carbocycles. The number of rotatable bonds is 9. The van der Waals surface area contributed by atoms with E-state index in [-0.39, 0.29) is 18.7 Å². The molecular formula is C27H23N3O9S-2. The van der Waals surface area contributed by atoms with E-state index in [4.69, 9.17) is 4.74 Å². The molecule has 13 heteroatoms. The van der Waals surface area contributed by atoms with Crippen molar-refractivity contribution in [3.05, 3.63) is 90.4 Å². The zero-order valence-electron chi connectivity index (χ0n) is 21.1. The molecule has 0 spiro atoms. The van der Waals surface area contributed by atoms with E-state index in [1.807, 2.05) is 0 Å². The highest BCUT2D eigenvalue weighted by Crippen LogP contribution is 2.38. The molecule has 2 aliphatic rings.